The first kappa shape index (κ1) is 18.9. The number of piperidine rings is 1. The highest BCUT2D eigenvalue weighted by Crippen LogP contribution is 2.40. The first-order chi connectivity index (χ1) is 12.9. The van der Waals surface area contributed by atoms with Crippen LogP contribution in [0.15, 0.2) is 12.3 Å². The zero-order valence-electron chi connectivity index (χ0n) is 16.5. The Morgan fingerprint density at radius 1 is 1.37 bits per heavy atom. The summed E-state index contributed by atoms with van der Waals surface area (Å²) in [6.07, 6.45) is 6.57. The van der Waals surface area contributed by atoms with Crippen LogP contribution in [0.3, 0.4) is 0 Å². The summed E-state index contributed by atoms with van der Waals surface area (Å²) in [6, 6.07) is 2.05. The van der Waals surface area contributed by atoms with Crippen LogP contribution in [0.1, 0.15) is 51.1 Å². The minimum atomic E-state index is -0.681. The van der Waals surface area contributed by atoms with Gasteiger partial charge in [0.1, 0.15) is 6.10 Å². The molecule has 2 aliphatic heterocycles. The number of carbonyl (C=O) groups excluding carboxylic acids is 1. The van der Waals surface area contributed by atoms with Gasteiger partial charge in [-0.15, -0.1) is 0 Å². The van der Waals surface area contributed by atoms with Crippen molar-refractivity contribution in [2.75, 3.05) is 19.7 Å². The van der Waals surface area contributed by atoms with E-state index in [4.69, 9.17) is 4.74 Å². The van der Waals surface area contributed by atoms with Crippen molar-refractivity contribution in [2.45, 2.75) is 69.2 Å². The molecule has 27 heavy (non-hydrogen) atoms. The first-order valence-electron chi connectivity index (χ1n) is 10.3. The number of nitrogens with zero attached hydrogens (tertiary/aromatic N) is 3. The highest BCUT2D eigenvalue weighted by atomic mass is 16.5. The van der Waals surface area contributed by atoms with Crippen LogP contribution >= 0.6 is 0 Å². The summed E-state index contributed by atoms with van der Waals surface area (Å²) >= 11 is 0. The largest absolute Gasteiger partial charge is 0.388 e. The molecular weight excluding hydrogens is 344 g/mol. The van der Waals surface area contributed by atoms with Crippen LogP contribution in [-0.4, -0.2) is 62.6 Å². The number of ether oxygens (including phenoxy) is 1. The standard InChI is InChI=1S/C20H32N4O3/c1-19(21-17(25)15-4-3-5-15)9-13-27-20(18(19)26)7-11-24(12-8-20)14-16-6-10-23(2)22-16/h6,10,15,18,26H,3-5,7-9,11-14H2,1-2H3,(H,21,25)/t18-,19+/m1/s1. The predicted octanol–water partition coefficient (Wildman–Crippen LogP) is 1.21. The third-order valence-corrected chi connectivity index (χ3v) is 6.85. The van der Waals surface area contributed by atoms with Gasteiger partial charge in [-0.1, -0.05) is 6.42 Å². The number of aromatic nitrogens is 2. The lowest BCUT2D eigenvalue weighted by atomic mass is 9.72. The molecule has 2 N–H and O–H groups in total. The van der Waals surface area contributed by atoms with E-state index in [2.05, 4.69) is 15.3 Å². The number of nitrogens with one attached hydrogen (secondary N) is 1. The monoisotopic (exact) mass is 376 g/mol. The molecule has 3 fully saturated rings. The van der Waals surface area contributed by atoms with Crippen LogP contribution in [-0.2, 0) is 23.1 Å². The zero-order valence-corrected chi connectivity index (χ0v) is 16.5. The minimum absolute atomic E-state index is 0.104. The van der Waals surface area contributed by atoms with E-state index in [-0.39, 0.29) is 11.8 Å². The Balaban J connectivity index is 1.38. The number of carbonyl (C=O) groups is 1. The molecule has 1 aromatic heterocycles. The molecule has 150 valence electrons. The van der Waals surface area contributed by atoms with Crippen LogP contribution < -0.4 is 5.32 Å². The van der Waals surface area contributed by atoms with Crippen molar-refractivity contribution in [3.05, 3.63) is 18.0 Å². The first-order valence-corrected chi connectivity index (χ1v) is 10.3. The summed E-state index contributed by atoms with van der Waals surface area (Å²) in [7, 11) is 1.93. The van der Waals surface area contributed by atoms with E-state index in [1.165, 1.54) is 0 Å². The Labute approximate surface area is 161 Å². The number of likely N-dealkylation sites (tertiary alicyclic amines) is 1. The molecule has 0 unspecified atom stereocenters. The van der Waals surface area contributed by atoms with E-state index in [9.17, 15) is 9.90 Å². The Kier molecular flexibility index (Phi) is 5.03. The number of aliphatic hydroxyl groups excluding tert-OH is 1. The molecule has 1 spiro atoms. The molecule has 2 saturated heterocycles. The van der Waals surface area contributed by atoms with Crippen molar-refractivity contribution in [1.29, 1.82) is 0 Å². The maximum absolute atomic E-state index is 12.5. The maximum Gasteiger partial charge on any atom is 0.223 e. The van der Waals surface area contributed by atoms with Crippen LogP contribution in [0.5, 0.6) is 0 Å². The predicted molar refractivity (Wildman–Crippen MR) is 101 cm³/mol. The highest BCUT2D eigenvalue weighted by Gasteiger charge is 2.54. The average molecular weight is 377 g/mol. The number of hydrogen-bond acceptors (Lipinski definition) is 5. The smallest absolute Gasteiger partial charge is 0.223 e. The lowest BCUT2D eigenvalue weighted by Gasteiger charge is -2.54. The van der Waals surface area contributed by atoms with Crippen LogP contribution in [0.2, 0.25) is 0 Å². The SMILES string of the molecule is Cn1ccc(CN2CCC3(CC2)OCC[C@](C)(NC(=O)C2CCC2)[C@H]3O)n1. The van der Waals surface area contributed by atoms with Crippen molar-refractivity contribution in [3.63, 3.8) is 0 Å². The van der Waals surface area contributed by atoms with Gasteiger partial charge < -0.3 is 15.2 Å². The number of amides is 1. The third kappa shape index (κ3) is 3.65. The molecule has 3 aliphatic rings. The van der Waals surface area contributed by atoms with Crippen molar-refractivity contribution in [3.8, 4) is 0 Å². The molecule has 7 nitrogen and oxygen atoms in total. The van der Waals surface area contributed by atoms with Crippen LogP contribution in [0.4, 0.5) is 0 Å². The molecule has 3 heterocycles. The average Bonchev–Trinajstić information content (AvgIpc) is 2.98. The number of rotatable bonds is 4. The summed E-state index contributed by atoms with van der Waals surface area (Å²) in [5.41, 5.74) is -0.0923. The molecule has 1 saturated carbocycles. The van der Waals surface area contributed by atoms with Gasteiger partial charge in [0.15, 0.2) is 0 Å². The molecule has 0 aromatic carbocycles. The summed E-state index contributed by atoms with van der Waals surface area (Å²) in [5, 5.41) is 18.9. The van der Waals surface area contributed by atoms with E-state index >= 15 is 0 Å². The zero-order chi connectivity index (χ0) is 19.1. The third-order valence-electron chi connectivity index (χ3n) is 6.85. The Hall–Kier alpha value is -1.44. The van der Waals surface area contributed by atoms with Gasteiger partial charge in [-0.25, -0.2) is 0 Å². The molecule has 0 bridgehead atoms. The van der Waals surface area contributed by atoms with Crippen molar-refractivity contribution in [2.24, 2.45) is 13.0 Å². The molecule has 4 rings (SSSR count). The molecule has 7 heteroatoms. The van der Waals surface area contributed by atoms with Crippen LogP contribution in [0, 0.1) is 5.92 Å². The van der Waals surface area contributed by atoms with E-state index in [0.29, 0.717) is 13.0 Å². The van der Waals surface area contributed by atoms with E-state index in [1.807, 2.05) is 30.9 Å². The van der Waals surface area contributed by atoms with Gasteiger partial charge in [-0.3, -0.25) is 14.4 Å². The van der Waals surface area contributed by atoms with Crippen molar-refractivity contribution < 1.29 is 14.6 Å². The fourth-order valence-electron chi connectivity index (χ4n) is 4.73. The van der Waals surface area contributed by atoms with E-state index in [1.54, 1.807) is 0 Å². The van der Waals surface area contributed by atoms with Gasteiger partial charge in [-0.05, 0) is 45.1 Å². The Bertz CT molecular complexity index is 679. The van der Waals surface area contributed by atoms with E-state index in [0.717, 1.165) is 57.4 Å². The number of aryl methyl sites for hydroxylation is 1. The normalized spacial score (nSPS) is 31.6. The molecular formula is C20H32N4O3. The van der Waals surface area contributed by atoms with Gasteiger partial charge in [0.2, 0.25) is 5.91 Å². The highest BCUT2D eigenvalue weighted by molar-refractivity contribution is 5.80. The lowest BCUT2D eigenvalue weighted by molar-refractivity contribution is -0.208. The molecule has 1 aromatic rings. The minimum Gasteiger partial charge on any atom is -0.388 e. The summed E-state index contributed by atoms with van der Waals surface area (Å²) in [5.74, 6) is 0.237. The molecule has 1 aliphatic carbocycles. The second-order valence-corrected chi connectivity index (χ2v) is 8.86. The summed E-state index contributed by atoms with van der Waals surface area (Å²) in [6.45, 7) is 5.11. The van der Waals surface area contributed by atoms with Crippen LogP contribution in [0.25, 0.3) is 0 Å². The van der Waals surface area contributed by atoms with Gasteiger partial charge >= 0.3 is 0 Å². The Morgan fingerprint density at radius 2 is 2.11 bits per heavy atom. The number of hydrogen-bond donors (Lipinski definition) is 2. The fraction of sp³-hybridized carbons (Fsp3) is 0.800. The second kappa shape index (κ2) is 7.18. The Morgan fingerprint density at radius 3 is 2.70 bits per heavy atom. The second-order valence-electron chi connectivity index (χ2n) is 8.86. The maximum atomic E-state index is 12.5. The molecule has 1 amide bonds. The van der Waals surface area contributed by atoms with Crippen molar-refractivity contribution >= 4 is 5.91 Å². The van der Waals surface area contributed by atoms with Crippen molar-refractivity contribution in [1.82, 2.24) is 20.0 Å². The quantitative estimate of drug-likeness (QED) is 0.826. The van der Waals surface area contributed by atoms with Gasteiger partial charge in [-0.2, -0.15) is 5.10 Å². The lowest BCUT2D eigenvalue weighted by Crippen LogP contribution is -2.69. The fourth-order valence-corrected chi connectivity index (χ4v) is 4.73. The van der Waals surface area contributed by atoms with Gasteiger partial charge in [0, 0.05) is 45.4 Å². The molecule has 0 radical (unpaired) electrons. The summed E-state index contributed by atoms with van der Waals surface area (Å²) < 4.78 is 7.98. The van der Waals surface area contributed by atoms with Gasteiger partial charge in [0.25, 0.3) is 0 Å². The van der Waals surface area contributed by atoms with E-state index < -0.39 is 17.2 Å². The van der Waals surface area contributed by atoms with Gasteiger partial charge in [0.05, 0.1) is 16.8 Å². The topological polar surface area (TPSA) is 79.6 Å². The number of aliphatic hydroxyl groups is 1. The molecule has 2 atom stereocenters. The summed E-state index contributed by atoms with van der Waals surface area (Å²) in [4.78, 5) is 14.9.